The van der Waals surface area contributed by atoms with E-state index in [1.54, 1.807) is 0 Å². The largest absolute Gasteiger partial charge is 0.396 e. The fourth-order valence-electron chi connectivity index (χ4n) is 1.33. The van der Waals surface area contributed by atoms with Crippen LogP contribution in [0.5, 0.6) is 0 Å². The Bertz CT molecular complexity index is 277. The van der Waals surface area contributed by atoms with Gasteiger partial charge in [-0.25, -0.2) is 13.3 Å². The Hall–Kier alpha value is -0.270. The summed E-state index contributed by atoms with van der Waals surface area (Å²) in [6.45, 7) is -0.916. The average molecular weight is 229 g/mol. The summed E-state index contributed by atoms with van der Waals surface area (Å²) in [5.41, 5.74) is 0. The maximum atomic E-state index is 13.1. The third-order valence-corrected chi connectivity index (χ3v) is 3.83. The van der Waals surface area contributed by atoms with E-state index >= 15 is 0 Å². The van der Waals surface area contributed by atoms with Crippen LogP contribution in [-0.4, -0.2) is 55.7 Å². The number of hydrogen-bond donors (Lipinski definition) is 1. The molecule has 84 valence electrons. The molecule has 0 aromatic heterocycles. The highest BCUT2D eigenvalue weighted by atomic mass is 32.2. The topological polar surface area (TPSA) is 57.6 Å². The van der Waals surface area contributed by atoms with Crippen molar-refractivity contribution in [3.05, 3.63) is 0 Å². The molecule has 7 heteroatoms. The minimum absolute atomic E-state index is 0.157. The van der Waals surface area contributed by atoms with E-state index < -0.39 is 28.9 Å². The fourth-order valence-corrected chi connectivity index (χ4v) is 2.53. The van der Waals surface area contributed by atoms with Crippen LogP contribution in [0, 0.1) is 0 Å². The first kappa shape index (κ1) is 11.8. The number of alkyl halides is 2. The number of nitrogens with zero attached hydrogens (tertiary/aromatic N) is 1. The molecule has 1 N–H and O–H groups in total. The molecule has 0 unspecified atom stereocenters. The van der Waals surface area contributed by atoms with E-state index in [0.717, 1.165) is 4.90 Å². The maximum Gasteiger partial charge on any atom is 0.307 e. The normalized spacial score (nSPS) is 23.6. The summed E-state index contributed by atoms with van der Waals surface area (Å²) < 4.78 is 48.2. The van der Waals surface area contributed by atoms with Crippen molar-refractivity contribution in [3.8, 4) is 0 Å². The zero-order valence-corrected chi connectivity index (χ0v) is 8.43. The van der Waals surface area contributed by atoms with Crippen molar-refractivity contribution < 1.29 is 22.3 Å². The summed E-state index contributed by atoms with van der Waals surface area (Å²) >= 11 is 0. The molecule has 1 aliphatic heterocycles. The summed E-state index contributed by atoms with van der Waals surface area (Å²) in [6, 6.07) is -3.09. The molecule has 0 aromatic rings. The molecular weight excluding hydrogens is 216 g/mol. The number of aliphatic hydroxyl groups is 1. The molecule has 4 nitrogen and oxygen atoms in total. The van der Waals surface area contributed by atoms with Crippen LogP contribution in [0.1, 0.15) is 6.42 Å². The minimum Gasteiger partial charge on any atom is -0.396 e. The molecule has 0 spiro atoms. The van der Waals surface area contributed by atoms with Crippen LogP contribution in [-0.2, 0) is 9.84 Å². The first-order valence-corrected chi connectivity index (χ1v) is 6.14. The van der Waals surface area contributed by atoms with Crippen LogP contribution in [0.4, 0.5) is 8.78 Å². The van der Waals surface area contributed by atoms with E-state index in [1.165, 1.54) is 0 Å². The predicted molar refractivity (Wildman–Crippen MR) is 46.9 cm³/mol. The van der Waals surface area contributed by atoms with Crippen LogP contribution >= 0.6 is 0 Å². The molecule has 0 atom stereocenters. The Balaban J connectivity index is 2.57. The lowest BCUT2D eigenvalue weighted by Crippen LogP contribution is -2.50. The fraction of sp³-hybridized carbons (Fsp3) is 1.00. The van der Waals surface area contributed by atoms with Gasteiger partial charge in [0.1, 0.15) is 0 Å². The lowest BCUT2D eigenvalue weighted by atomic mass is 10.3. The van der Waals surface area contributed by atoms with Crippen molar-refractivity contribution in [2.45, 2.75) is 12.5 Å². The second-order valence-electron chi connectivity index (χ2n) is 3.28. The van der Waals surface area contributed by atoms with E-state index in [-0.39, 0.29) is 24.6 Å². The van der Waals surface area contributed by atoms with Gasteiger partial charge in [0, 0.05) is 19.5 Å². The number of hydrogen-bond acceptors (Lipinski definition) is 4. The standard InChI is InChI=1S/C7H13F2NO3S/c8-7(9,1-4-11)10-2-5-14(12,13)6-3-10/h11H,1-6H2. The SMILES string of the molecule is O=S1(=O)CCN(C(F)(F)CCO)CC1. The lowest BCUT2D eigenvalue weighted by Gasteiger charge is -2.33. The Morgan fingerprint density at radius 2 is 1.79 bits per heavy atom. The molecule has 1 fully saturated rings. The molecular formula is C7H13F2NO3S. The third-order valence-electron chi connectivity index (χ3n) is 2.22. The molecule has 1 saturated heterocycles. The molecule has 0 radical (unpaired) electrons. The van der Waals surface area contributed by atoms with Gasteiger partial charge in [-0.3, -0.25) is 0 Å². The summed E-state index contributed by atoms with van der Waals surface area (Å²) in [5.74, 6) is -0.456. The van der Waals surface area contributed by atoms with Crippen molar-refractivity contribution in [3.63, 3.8) is 0 Å². The Kier molecular flexibility index (Phi) is 3.44. The second kappa shape index (κ2) is 4.08. The van der Waals surface area contributed by atoms with Crippen LogP contribution in [0.15, 0.2) is 0 Å². The molecule has 0 aliphatic carbocycles. The van der Waals surface area contributed by atoms with Crippen molar-refractivity contribution in [2.75, 3.05) is 31.2 Å². The summed E-state index contributed by atoms with van der Waals surface area (Å²) in [7, 11) is -3.13. The predicted octanol–water partition coefficient (Wildman–Crippen LogP) is -0.308. The molecule has 0 amide bonds. The quantitative estimate of drug-likeness (QED) is 0.675. The Morgan fingerprint density at radius 1 is 1.29 bits per heavy atom. The van der Waals surface area contributed by atoms with Gasteiger partial charge in [-0.15, -0.1) is 0 Å². The average Bonchev–Trinajstić information content (AvgIpc) is 2.03. The number of halogens is 2. The maximum absolute atomic E-state index is 13.1. The zero-order valence-electron chi connectivity index (χ0n) is 7.62. The van der Waals surface area contributed by atoms with Gasteiger partial charge < -0.3 is 5.11 Å². The Labute approximate surface area is 81.4 Å². The van der Waals surface area contributed by atoms with Crippen molar-refractivity contribution in [1.29, 1.82) is 0 Å². The first-order chi connectivity index (χ1) is 6.37. The number of sulfone groups is 1. The van der Waals surface area contributed by atoms with Gasteiger partial charge in [-0.05, 0) is 0 Å². The molecule has 1 rings (SSSR count). The highest BCUT2D eigenvalue weighted by Crippen LogP contribution is 2.25. The number of aliphatic hydroxyl groups excluding tert-OH is 1. The van der Waals surface area contributed by atoms with Gasteiger partial charge in [0.05, 0.1) is 18.1 Å². The Morgan fingerprint density at radius 3 is 2.21 bits per heavy atom. The second-order valence-corrected chi connectivity index (χ2v) is 5.58. The van der Waals surface area contributed by atoms with Gasteiger partial charge in [0.15, 0.2) is 9.84 Å². The van der Waals surface area contributed by atoms with Crippen molar-refractivity contribution in [2.24, 2.45) is 0 Å². The highest BCUT2D eigenvalue weighted by molar-refractivity contribution is 7.91. The lowest BCUT2D eigenvalue weighted by molar-refractivity contribution is -0.153. The summed E-state index contributed by atoms with van der Waals surface area (Å²) in [6.07, 6.45) is -0.646. The molecule has 0 aromatic carbocycles. The van der Waals surface area contributed by atoms with E-state index in [1.807, 2.05) is 0 Å². The van der Waals surface area contributed by atoms with E-state index in [0.29, 0.717) is 0 Å². The molecule has 1 aliphatic rings. The van der Waals surface area contributed by atoms with E-state index in [4.69, 9.17) is 5.11 Å². The van der Waals surface area contributed by atoms with E-state index in [9.17, 15) is 17.2 Å². The van der Waals surface area contributed by atoms with Crippen LogP contribution in [0.3, 0.4) is 0 Å². The first-order valence-electron chi connectivity index (χ1n) is 4.31. The van der Waals surface area contributed by atoms with Gasteiger partial charge in [-0.1, -0.05) is 0 Å². The van der Waals surface area contributed by atoms with Gasteiger partial charge >= 0.3 is 6.05 Å². The van der Waals surface area contributed by atoms with Crippen LogP contribution in [0.25, 0.3) is 0 Å². The van der Waals surface area contributed by atoms with Gasteiger partial charge in [0.25, 0.3) is 0 Å². The summed E-state index contributed by atoms with van der Waals surface area (Å²) in [4.78, 5) is 0.810. The van der Waals surface area contributed by atoms with Crippen LogP contribution < -0.4 is 0 Å². The zero-order chi connectivity index (χ0) is 10.8. The van der Waals surface area contributed by atoms with E-state index in [2.05, 4.69) is 0 Å². The minimum atomic E-state index is -3.13. The van der Waals surface area contributed by atoms with Crippen LogP contribution in [0.2, 0.25) is 0 Å². The monoisotopic (exact) mass is 229 g/mol. The molecule has 0 saturated carbocycles. The highest BCUT2D eigenvalue weighted by Gasteiger charge is 2.39. The van der Waals surface area contributed by atoms with Gasteiger partial charge in [-0.2, -0.15) is 8.78 Å². The van der Waals surface area contributed by atoms with Gasteiger partial charge in [0.2, 0.25) is 0 Å². The van der Waals surface area contributed by atoms with Crippen molar-refractivity contribution in [1.82, 2.24) is 4.90 Å². The number of rotatable bonds is 3. The molecule has 0 bridgehead atoms. The third kappa shape index (κ3) is 2.86. The van der Waals surface area contributed by atoms with Crippen molar-refractivity contribution >= 4 is 9.84 Å². The smallest absolute Gasteiger partial charge is 0.307 e. The summed E-state index contributed by atoms with van der Waals surface area (Å²) in [5, 5.41) is 8.41. The molecule has 1 heterocycles. The molecule has 14 heavy (non-hydrogen) atoms.